The molecule has 8 aromatic carbocycles. The van der Waals surface area contributed by atoms with E-state index in [1.165, 1.54) is 63.0 Å². The van der Waals surface area contributed by atoms with Gasteiger partial charge in [-0.3, -0.25) is 0 Å². The number of nitrogens with zero attached hydrogens (tertiary/aromatic N) is 1. The SMILES string of the molecule is C=C/C=C(\c1sc2ccccc2c1C)N(c1ccc2c(c1)sc1ccccc12)c1cc(-c2ccccc2)cc2c1-c1ccccc1C21c2ccccc2Oc2ccccc21. The summed E-state index contributed by atoms with van der Waals surface area (Å²) in [6, 6.07) is 66.6. The highest BCUT2D eigenvalue weighted by molar-refractivity contribution is 7.25. The molecule has 0 unspecified atom stereocenters. The van der Waals surface area contributed by atoms with Crippen molar-refractivity contribution in [1.29, 1.82) is 0 Å². The highest BCUT2D eigenvalue weighted by atomic mass is 32.1. The number of rotatable bonds is 6. The van der Waals surface area contributed by atoms with Crippen LogP contribution >= 0.6 is 22.7 Å². The van der Waals surface area contributed by atoms with Crippen LogP contribution in [0.2, 0.25) is 0 Å². The normalized spacial score (nSPS) is 13.5. The largest absolute Gasteiger partial charge is 0.457 e. The smallest absolute Gasteiger partial charge is 0.132 e. The Morgan fingerprint density at radius 2 is 1.17 bits per heavy atom. The van der Waals surface area contributed by atoms with E-state index in [0.29, 0.717) is 0 Å². The van der Waals surface area contributed by atoms with Crippen LogP contribution in [0.15, 0.2) is 201 Å². The van der Waals surface area contributed by atoms with Gasteiger partial charge in [0.1, 0.15) is 11.5 Å². The Labute approximate surface area is 357 Å². The van der Waals surface area contributed by atoms with E-state index >= 15 is 0 Å². The summed E-state index contributed by atoms with van der Waals surface area (Å²) in [5.74, 6) is 1.76. The van der Waals surface area contributed by atoms with E-state index in [4.69, 9.17) is 4.74 Å². The summed E-state index contributed by atoms with van der Waals surface area (Å²) in [6.45, 7) is 6.61. The van der Waals surface area contributed by atoms with E-state index < -0.39 is 5.41 Å². The van der Waals surface area contributed by atoms with E-state index in [-0.39, 0.29) is 0 Å². The van der Waals surface area contributed by atoms with Crippen molar-refractivity contribution in [3.05, 3.63) is 233 Å². The highest BCUT2D eigenvalue weighted by Crippen LogP contribution is 2.65. The molecule has 3 heterocycles. The number of thiophene rings is 2. The van der Waals surface area contributed by atoms with Crippen molar-refractivity contribution in [2.75, 3.05) is 4.90 Å². The summed E-state index contributed by atoms with van der Waals surface area (Å²) in [6.07, 6.45) is 4.16. The molecular weight excluding hydrogens is 767 g/mol. The first-order valence-electron chi connectivity index (χ1n) is 20.4. The third kappa shape index (κ3) is 4.99. The molecule has 2 nitrogen and oxygen atoms in total. The fourth-order valence-electron chi connectivity index (χ4n) is 9.97. The van der Waals surface area contributed by atoms with Gasteiger partial charge in [0, 0.05) is 47.2 Å². The molecule has 0 radical (unpaired) electrons. The number of fused-ring (bicyclic) bond motifs is 13. The summed E-state index contributed by atoms with van der Waals surface area (Å²) >= 11 is 3.70. The number of ether oxygens (including phenoxy) is 1. The molecule has 0 atom stereocenters. The molecule has 12 rings (SSSR count). The van der Waals surface area contributed by atoms with Crippen LogP contribution in [-0.2, 0) is 5.41 Å². The topological polar surface area (TPSA) is 12.5 Å². The molecule has 0 saturated heterocycles. The number of hydrogen-bond acceptors (Lipinski definition) is 4. The third-order valence-electron chi connectivity index (χ3n) is 12.5. The molecule has 1 aliphatic heterocycles. The van der Waals surface area contributed by atoms with Crippen LogP contribution in [0.5, 0.6) is 11.5 Å². The average Bonchev–Trinajstić information content (AvgIpc) is 3.94. The van der Waals surface area contributed by atoms with E-state index in [1.54, 1.807) is 0 Å². The Hall–Kier alpha value is -6.98. The second-order valence-electron chi connectivity index (χ2n) is 15.6. The second kappa shape index (κ2) is 13.5. The molecule has 1 spiro atoms. The van der Waals surface area contributed by atoms with Gasteiger partial charge in [-0.2, -0.15) is 0 Å². The zero-order chi connectivity index (χ0) is 40.0. The zero-order valence-corrected chi connectivity index (χ0v) is 34.5. The molecule has 0 N–H and O–H groups in total. The van der Waals surface area contributed by atoms with Crippen LogP contribution in [-0.4, -0.2) is 0 Å². The molecule has 60 heavy (non-hydrogen) atoms. The molecule has 0 amide bonds. The van der Waals surface area contributed by atoms with Gasteiger partial charge in [-0.15, -0.1) is 22.7 Å². The van der Waals surface area contributed by atoms with Crippen molar-refractivity contribution < 1.29 is 4.74 Å². The molecule has 4 heteroatoms. The van der Waals surface area contributed by atoms with Crippen LogP contribution in [0.25, 0.3) is 58.2 Å². The lowest BCUT2D eigenvalue weighted by molar-refractivity contribution is 0.436. The Morgan fingerprint density at radius 3 is 1.90 bits per heavy atom. The van der Waals surface area contributed by atoms with Gasteiger partial charge in [0.25, 0.3) is 0 Å². The quantitative estimate of drug-likeness (QED) is 0.155. The van der Waals surface area contributed by atoms with Crippen LogP contribution in [0.4, 0.5) is 11.4 Å². The highest BCUT2D eigenvalue weighted by Gasteiger charge is 2.52. The number of benzene rings is 8. The summed E-state index contributed by atoms with van der Waals surface area (Å²) in [5, 5.41) is 3.84. The van der Waals surface area contributed by atoms with Crippen molar-refractivity contribution in [3.8, 4) is 33.8 Å². The maximum absolute atomic E-state index is 6.76. The molecule has 2 aromatic heterocycles. The van der Waals surface area contributed by atoms with Crippen LogP contribution in [0, 0.1) is 6.92 Å². The number of anilines is 2. The first-order chi connectivity index (χ1) is 29.6. The van der Waals surface area contributed by atoms with E-state index in [1.807, 2.05) is 28.7 Å². The van der Waals surface area contributed by atoms with Gasteiger partial charge in [-0.05, 0) is 100 Å². The fraction of sp³-hybridized carbons (Fsp3) is 0.0357. The number of hydrogen-bond donors (Lipinski definition) is 0. The van der Waals surface area contributed by atoms with Crippen LogP contribution in [0.3, 0.4) is 0 Å². The first-order valence-corrected chi connectivity index (χ1v) is 22.0. The maximum Gasteiger partial charge on any atom is 0.132 e. The van der Waals surface area contributed by atoms with Crippen molar-refractivity contribution in [2.45, 2.75) is 12.3 Å². The lowest BCUT2D eigenvalue weighted by atomic mass is 9.66. The van der Waals surface area contributed by atoms with Crippen molar-refractivity contribution in [3.63, 3.8) is 0 Å². The first kappa shape index (κ1) is 35.0. The molecule has 2 aliphatic rings. The average molecular weight is 804 g/mol. The summed E-state index contributed by atoms with van der Waals surface area (Å²) < 4.78 is 10.6. The summed E-state index contributed by atoms with van der Waals surface area (Å²) in [5.41, 5.74) is 13.4. The van der Waals surface area contributed by atoms with Crippen LogP contribution < -0.4 is 9.64 Å². The molecule has 10 aromatic rings. The molecular formula is C56H37NOS2. The van der Waals surface area contributed by atoms with Crippen molar-refractivity contribution in [1.82, 2.24) is 0 Å². The lowest BCUT2D eigenvalue weighted by Crippen LogP contribution is -2.32. The number of aryl methyl sites for hydroxylation is 1. The minimum Gasteiger partial charge on any atom is -0.457 e. The van der Waals surface area contributed by atoms with E-state index in [9.17, 15) is 0 Å². The van der Waals surface area contributed by atoms with E-state index in [0.717, 1.165) is 50.8 Å². The predicted octanol–water partition coefficient (Wildman–Crippen LogP) is 16.1. The lowest BCUT2D eigenvalue weighted by Gasteiger charge is -2.39. The Balaban J connectivity index is 1.25. The molecule has 0 saturated carbocycles. The van der Waals surface area contributed by atoms with Crippen molar-refractivity contribution in [2.24, 2.45) is 0 Å². The summed E-state index contributed by atoms with van der Waals surface area (Å²) in [4.78, 5) is 3.75. The predicted molar refractivity (Wildman–Crippen MR) is 255 cm³/mol. The second-order valence-corrected chi connectivity index (χ2v) is 17.8. The van der Waals surface area contributed by atoms with Gasteiger partial charge in [-0.1, -0.05) is 146 Å². The van der Waals surface area contributed by atoms with Crippen molar-refractivity contribution >= 4 is 70.0 Å². The Morgan fingerprint density at radius 1 is 0.550 bits per heavy atom. The third-order valence-corrected chi connectivity index (χ3v) is 14.9. The summed E-state index contributed by atoms with van der Waals surface area (Å²) in [7, 11) is 0. The minimum absolute atomic E-state index is 0.645. The van der Waals surface area contributed by atoms with Gasteiger partial charge in [-0.25, -0.2) is 0 Å². The van der Waals surface area contributed by atoms with Gasteiger partial charge >= 0.3 is 0 Å². The van der Waals surface area contributed by atoms with Gasteiger partial charge in [0.2, 0.25) is 0 Å². The minimum atomic E-state index is -0.645. The number of allylic oxidation sites excluding steroid dienone is 2. The van der Waals surface area contributed by atoms with E-state index in [2.05, 4.69) is 206 Å². The molecule has 0 bridgehead atoms. The fourth-order valence-corrected chi connectivity index (χ4v) is 12.3. The maximum atomic E-state index is 6.76. The standard InChI is InChI=1S/C56H37NOS2/c1-3-17-47(55-35(2)39-20-8-15-28-51(39)60-55)57(38-30-31-41-40-21-9-16-29-52(40)59-53(41)34-38)48-33-37(36-18-5-4-6-19-36)32-46-54(48)42-22-7-10-23-43(42)56(46)44-24-11-13-26-49(44)58-50-27-14-12-25-45(50)56/h3-34H,1H2,2H3/b47-17+. The monoisotopic (exact) mass is 803 g/mol. The van der Waals surface area contributed by atoms with Gasteiger partial charge < -0.3 is 9.64 Å². The molecule has 0 fully saturated rings. The molecule has 284 valence electrons. The van der Waals surface area contributed by atoms with Crippen LogP contribution in [0.1, 0.15) is 32.7 Å². The Bertz CT molecular complexity index is 3360. The van der Waals surface area contributed by atoms with Gasteiger partial charge in [0.05, 0.1) is 21.7 Å². The Kier molecular flexibility index (Phi) is 7.90. The number of para-hydroxylation sites is 2. The van der Waals surface area contributed by atoms with Gasteiger partial charge in [0.15, 0.2) is 0 Å². The molecule has 1 aliphatic carbocycles. The zero-order valence-electron chi connectivity index (χ0n) is 32.9.